The third-order valence-electron chi connectivity index (χ3n) is 2.51. The van der Waals surface area contributed by atoms with Crippen molar-refractivity contribution in [3.8, 4) is 0 Å². The largest absolute Gasteiger partial charge is 0.358 e. The molecule has 0 atom stereocenters. The molecular weight excluding hydrogens is 293 g/mol. The molecule has 0 N–H and O–H groups in total. The van der Waals surface area contributed by atoms with Crippen LogP contribution >= 0.6 is 23.4 Å². The summed E-state index contributed by atoms with van der Waals surface area (Å²) in [6.45, 7) is 0. The molecule has 1 aromatic carbocycles. The van der Waals surface area contributed by atoms with E-state index in [4.69, 9.17) is 11.6 Å². The van der Waals surface area contributed by atoms with E-state index in [9.17, 15) is 14.5 Å². The van der Waals surface area contributed by atoms with E-state index in [1.165, 1.54) is 34.7 Å². The molecule has 0 saturated heterocycles. The first-order valence-electron chi connectivity index (χ1n) is 5.22. The van der Waals surface area contributed by atoms with E-state index in [-0.39, 0.29) is 10.8 Å². The maximum Gasteiger partial charge on any atom is 0.342 e. The third kappa shape index (κ3) is 3.05. The number of nitrogens with zero attached hydrogens (tertiary/aromatic N) is 3. The van der Waals surface area contributed by atoms with E-state index in [1.54, 1.807) is 13.1 Å². The Kier molecular flexibility index (Phi) is 4.06. The average molecular weight is 302 g/mol. The SMILES string of the molecule is Cn1c([N+](=O)[O-])cnc1CSc1ccc(F)c(Cl)c1. The number of hydrogen-bond acceptors (Lipinski definition) is 4. The van der Waals surface area contributed by atoms with Gasteiger partial charge in [0, 0.05) is 4.90 Å². The van der Waals surface area contributed by atoms with Gasteiger partial charge in [-0.2, -0.15) is 0 Å². The number of imidazole rings is 1. The summed E-state index contributed by atoms with van der Waals surface area (Å²) in [7, 11) is 1.58. The maximum absolute atomic E-state index is 13.0. The minimum atomic E-state index is -0.490. The monoisotopic (exact) mass is 301 g/mol. The van der Waals surface area contributed by atoms with Crippen molar-refractivity contribution in [2.24, 2.45) is 7.05 Å². The van der Waals surface area contributed by atoms with Crippen molar-refractivity contribution in [3.05, 3.63) is 51.2 Å². The summed E-state index contributed by atoms with van der Waals surface area (Å²) < 4.78 is 14.4. The Morgan fingerprint density at radius 3 is 2.89 bits per heavy atom. The highest BCUT2D eigenvalue weighted by molar-refractivity contribution is 7.98. The van der Waals surface area contributed by atoms with Crippen LogP contribution in [0.4, 0.5) is 10.2 Å². The molecule has 0 unspecified atom stereocenters. The maximum atomic E-state index is 13.0. The number of hydrogen-bond donors (Lipinski definition) is 0. The fraction of sp³-hybridized carbons (Fsp3) is 0.182. The number of aromatic nitrogens is 2. The molecule has 1 aromatic heterocycles. The summed E-state index contributed by atoms with van der Waals surface area (Å²) in [6, 6.07) is 4.40. The van der Waals surface area contributed by atoms with Gasteiger partial charge in [-0.3, -0.25) is 0 Å². The van der Waals surface area contributed by atoms with Crippen molar-refractivity contribution in [2.45, 2.75) is 10.6 Å². The van der Waals surface area contributed by atoms with Crippen LogP contribution in [0, 0.1) is 15.9 Å². The first kappa shape index (κ1) is 13.8. The van der Waals surface area contributed by atoms with Gasteiger partial charge in [0.05, 0.1) is 17.8 Å². The highest BCUT2D eigenvalue weighted by atomic mass is 35.5. The Morgan fingerprint density at radius 1 is 1.58 bits per heavy atom. The predicted molar refractivity (Wildman–Crippen MR) is 70.8 cm³/mol. The first-order valence-corrected chi connectivity index (χ1v) is 6.58. The molecule has 0 amide bonds. The first-order chi connectivity index (χ1) is 8.99. The Labute approximate surface area is 117 Å². The molecule has 2 aromatic rings. The molecule has 8 heteroatoms. The zero-order valence-corrected chi connectivity index (χ0v) is 11.4. The van der Waals surface area contributed by atoms with Crippen molar-refractivity contribution in [3.63, 3.8) is 0 Å². The lowest BCUT2D eigenvalue weighted by atomic mass is 10.3. The Balaban J connectivity index is 2.10. The molecule has 19 heavy (non-hydrogen) atoms. The topological polar surface area (TPSA) is 61.0 Å². The van der Waals surface area contributed by atoms with Gasteiger partial charge in [0.2, 0.25) is 5.82 Å². The van der Waals surface area contributed by atoms with E-state index in [1.807, 2.05) is 0 Å². The molecule has 0 radical (unpaired) electrons. The van der Waals surface area contributed by atoms with E-state index < -0.39 is 10.7 Å². The van der Waals surface area contributed by atoms with Gasteiger partial charge in [-0.15, -0.1) is 11.8 Å². The quantitative estimate of drug-likeness (QED) is 0.493. The summed E-state index contributed by atoms with van der Waals surface area (Å²) in [5, 5.41) is 10.7. The predicted octanol–water partition coefficient (Wildman–Crippen LogP) is 3.41. The summed E-state index contributed by atoms with van der Waals surface area (Å²) in [5.41, 5.74) is 0. The number of rotatable bonds is 4. The van der Waals surface area contributed by atoms with Gasteiger partial charge >= 0.3 is 5.82 Å². The molecule has 0 fully saturated rings. The molecule has 5 nitrogen and oxygen atoms in total. The molecular formula is C11H9ClFN3O2S. The lowest BCUT2D eigenvalue weighted by Crippen LogP contribution is -2.00. The van der Waals surface area contributed by atoms with Crippen LogP contribution in [0.5, 0.6) is 0 Å². The minimum absolute atomic E-state index is 0.0517. The minimum Gasteiger partial charge on any atom is -0.358 e. The third-order valence-corrected chi connectivity index (χ3v) is 3.79. The molecule has 0 spiro atoms. The van der Waals surface area contributed by atoms with Gasteiger partial charge in [-0.25, -0.2) is 13.9 Å². The molecule has 0 aliphatic heterocycles. The lowest BCUT2D eigenvalue weighted by molar-refractivity contribution is -0.391. The number of nitro groups is 1. The Morgan fingerprint density at radius 2 is 2.32 bits per heavy atom. The zero-order valence-electron chi connectivity index (χ0n) is 9.84. The summed E-state index contributed by atoms with van der Waals surface area (Å²) in [4.78, 5) is 14.9. The van der Waals surface area contributed by atoms with Gasteiger partial charge in [-0.05, 0) is 23.1 Å². The molecule has 100 valence electrons. The van der Waals surface area contributed by atoms with Gasteiger partial charge < -0.3 is 10.1 Å². The molecule has 2 rings (SSSR count). The normalized spacial score (nSPS) is 10.7. The van der Waals surface area contributed by atoms with Crippen LogP contribution in [0.25, 0.3) is 0 Å². The van der Waals surface area contributed by atoms with Crippen molar-refractivity contribution in [2.75, 3.05) is 0 Å². The number of halogens is 2. The van der Waals surface area contributed by atoms with Crippen LogP contribution in [0.3, 0.4) is 0 Å². The standard InChI is InChI=1S/C11H9ClFN3O2S/c1-15-10(14-5-11(15)16(17)18)6-19-7-2-3-9(13)8(12)4-7/h2-5H,6H2,1H3. The van der Waals surface area contributed by atoms with Crippen LogP contribution in [0.1, 0.15) is 5.82 Å². The van der Waals surface area contributed by atoms with Crippen LogP contribution in [0.15, 0.2) is 29.3 Å². The summed E-state index contributed by atoms with van der Waals surface area (Å²) >= 11 is 7.05. The van der Waals surface area contributed by atoms with Gasteiger partial charge in [-0.1, -0.05) is 11.6 Å². The lowest BCUT2D eigenvalue weighted by Gasteiger charge is -2.01. The second-order valence-corrected chi connectivity index (χ2v) is 5.17. The van der Waals surface area contributed by atoms with Gasteiger partial charge in [0.15, 0.2) is 0 Å². The highest BCUT2D eigenvalue weighted by Gasteiger charge is 2.16. The fourth-order valence-corrected chi connectivity index (χ4v) is 2.63. The summed E-state index contributed by atoms with van der Waals surface area (Å²) in [6.07, 6.45) is 1.22. The van der Waals surface area contributed by atoms with Crippen molar-refractivity contribution >= 4 is 29.2 Å². The van der Waals surface area contributed by atoms with Gasteiger partial charge in [0.25, 0.3) is 0 Å². The second kappa shape index (κ2) is 5.58. The second-order valence-electron chi connectivity index (χ2n) is 3.71. The van der Waals surface area contributed by atoms with Crippen LogP contribution in [-0.2, 0) is 12.8 Å². The van der Waals surface area contributed by atoms with Gasteiger partial charge in [0.1, 0.15) is 12.0 Å². The summed E-state index contributed by atoms with van der Waals surface area (Å²) in [5.74, 6) is 0.468. The molecule has 0 saturated carbocycles. The number of benzene rings is 1. The molecule has 0 bridgehead atoms. The Bertz CT molecular complexity index is 632. The average Bonchev–Trinajstić information content (AvgIpc) is 2.72. The van der Waals surface area contributed by atoms with Crippen LogP contribution in [0.2, 0.25) is 5.02 Å². The van der Waals surface area contributed by atoms with E-state index in [2.05, 4.69) is 4.98 Å². The highest BCUT2D eigenvalue weighted by Crippen LogP contribution is 2.27. The van der Waals surface area contributed by atoms with Crippen molar-refractivity contribution in [1.29, 1.82) is 0 Å². The van der Waals surface area contributed by atoms with E-state index in [0.717, 1.165) is 4.90 Å². The molecule has 0 aliphatic carbocycles. The number of thioether (sulfide) groups is 1. The zero-order chi connectivity index (χ0) is 14.0. The fourth-order valence-electron chi connectivity index (χ4n) is 1.46. The van der Waals surface area contributed by atoms with Crippen molar-refractivity contribution in [1.82, 2.24) is 9.55 Å². The van der Waals surface area contributed by atoms with Crippen LogP contribution in [-0.4, -0.2) is 14.5 Å². The van der Waals surface area contributed by atoms with E-state index in [0.29, 0.717) is 11.6 Å². The Hall–Kier alpha value is -1.60. The molecule has 0 aliphatic rings. The van der Waals surface area contributed by atoms with Crippen molar-refractivity contribution < 1.29 is 9.31 Å². The smallest absolute Gasteiger partial charge is 0.342 e. The molecule has 1 heterocycles. The van der Waals surface area contributed by atoms with E-state index >= 15 is 0 Å². The van der Waals surface area contributed by atoms with Crippen LogP contribution < -0.4 is 0 Å².